The molecule has 0 bridgehead atoms. The second kappa shape index (κ2) is 7.78. The quantitative estimate of drug-likeness (QED) is 0.743. The molecular weight excluding hydrogens is 414 g/mol. The van der Waals surface area contributed by atoms with Crippen molar-refractivity contribution in [2.75, 3.05) is 31.3 Å². The van der Waals surface area contributed by atoms with Gasteiger partial charge in [0.15, 0.2) is 0 Å². The smallest absolute Gasteiger partial charge is 0.286 e. The van der Waals surface area contributed by atoms with Crippen molar-refractivity contribution in [2.45, 2.75) is 18.4 Å². The van der Waals surface area contributed by atoms with Crippen LogP contribution >= 0.6 is 11.6 Å². The standard InChI is InChI=1S/C20H20ClN3O4S/c1-14-5-6-18-17(11-14)24(13-15-3-2-4-16(21)12-15)22-19(29(18,26)27)20(25)23-7-9-28-10-8-23/h2-6,11-12H,7-10,13H2,1H3. The minimum atomic E-state index is -4.03. The van der Waals surface area contributed by atoms with Crippen molar-refractivity contribution in [3.05, 3.63) is 58.6 Å². The number of morpholine rings is 1. The Balaban J connectivity index is 1.79. The number of hydrogen-bond donors (Lipinski definition) is 0. The van der Waals surface area contributed by atoms with Crippen molar-refractivity contribution in [1.82, 2.24) is 4.90 Å². The number of halogens is 1. The van der Waals surface area contributed by atoms with E-state index >= 15 is 0 Å². The molecule has 2 aromatic rings. The molecule has 0 N–H and O–H groups in total. The molecule has 2 aliphatic heterocycles. The maximum atomic E-state index is 13.2. The number of rotatable bonds is 3. The molecule has 1 fully saturated rings. The molecule has 0 unspecified atom stereocenters. The van der Waals surface area contributed by atoms with Crippen LogP contribution in [0, 0.1) is 6.92 Å². The highest BCUT2D eigenvalue weighted by atomic mass is 35.5. The fourth-order valence-corrected chi connectivity index (χ4v) is 5.04. The van der Waals surface area contributed by atoms with Crippen molar-refractivity contribution >= 4 is 38.1 Å². The summed E-state index contributed by atoms with van der Waals surface area (Å²) in [5.74, 6) is -0.601. The van der Waals surface area contributed by atoms with E-state index in [4.69, 9.17) is 16.3 Å². The Kier molecular flexibility index (Phi) is 5.33. The van der Waals surface area contributed by atoms with E-state index in [0.717, 1.165) is 11.1 Å². The number of anilines is 1. The third-order valence-electron chi connectivity index (χ3n) is 4.85. The predicted molar refractivity (Wildman–Crippen MR) is 111 cm³/mol. The maximum Gasteiger partial charge on any atom is 0.286 e. The van der Waals surface area contributed by atoms with Gasteiger partial charge in [0.2, 0.25) is 14.9 Å². The fraction of sp³-hybridized carbons (Fsp3) is 0.300. The molecule has 2 heterocycles. The lowest BCUT2D eigenvalue weighted by Gasteiger charge is -2.31. The van der Waals surface area contributed by atoms with Gasteiger partial charge in [-0.15, -0.1) is 0 Å². The van der Waals surface area contributed by atoms with Crippen LogP contribution in [0.2, 0.25) is 5.02 Å². The number of nitrogens with zero attached hydrogens (tertiary/aromatic N) is 3. The summed E-state index contributed by atoms with van der Waals surface area (Å²) in [7, 11) is -4.03. The van der Waals surface area contributed by atoms with Crippen LogP contribution in [0.4, 0.5) is 5.69 Å². The molecule has 1 amide bonds. The highest BCUT2D eigenvalue weighted by Gasteiger charge is 2.39. The number of carbonyl (C=O) groups excluding carboxylic acids is 1. The van der Waals surface area contributed by atoms with Gasteiger partial charge < -0.3 is 9.64 Å². The molecule has 0 spiro atoms. The van der Waals surface area contributed by atoms with Crippen LogP contribution in [0.3, 0.4) is 0 Å². The topological polar surface area (TPSA) is 79.3 Å². The van der Waals surface area contributed by atoms with Crippen molar-refractivity contribution in [3.8, 4) is 0 Å². The van der Waals surface area contributed by atoms with Gasteiger partial charge in [0, 0.05) is 18.1 Å². The first-order chi connectivity index (χ1) is 13.9. The third-order valence-corrected chi connectivity index (χ3v) is 6.78. The summed E-state index contributed by atoms with van der Waals surface area (Å²) in [5.41, 5.74) is 2.20. The molecule has 29 heavy (non-hydrogen) atoms. The first-order valence-electron chi connectivity index (χ1n) is 9.19. The van der Waals surface area contributed by atoms with Gasteiger partial charge in [-0.2, -0.15) is 5.10 Å². The Labute approximate surface area is 174 Å². The van der Waals surface area contributed by atoms with E-state index < -0.39 is 20.8 Å². The summed E-state index contributed by atoms with van der Waals surface area (Å²) >= 11 is 6.09. The minimum Gasteiger partial charge on any atom is -0.378 e. The number of aryl methyl sites for hydroxylation is 1. The maximum absolute atomic E-state index is 13.2. The molecule has 0 aromatic heterocycles. The summed E-state index contributed by atoms with van der Waals surface area (Å²) < 4.78 is 31.7. The van der Waals surface area contributed by atoms with Gasteiger partial charge >= 0.3 is 0 Å². The first kappa shape index (κ1) is 19.9. The van der Waals surface area contributed by atoms with Crippen LogP contribution in [0.1, 0.15) is 11.1 Å². The number of ether oxygens (including phenoxy) is 1. The van der Waals surface area contributed by atoms with E-state index in [2.05, 4.69) is 5.10 Å². The molecule has 9 heteroatoms. The van der Waals surface area contributed by atoms with Gasteiger partial charge in [-0.25, -0.2) is 8.42 Å². The Morgan fingerprint density at radius 1 is 1.17 bits per heavy atom. The minimum absolute atomic E-state index is 0.0803. The van der Waals surface area contributed by atoms with Gasteiger partial charge in [-0.05, 0) is 42.3 Å². The molecule has 7 nitrogen and oxygen atoms in total. The molecular formula is C20H20ClN3O4S. The Morgan fingerprint density at radius 3 is 2.66 bits per heavy atom. The lowest BCUT2D eigenvalue weighted by molar-refractivity contribution is -0.127. The highest BCUT2D eigenvalue weighted by molar-refractivity contribution is 8.08. The molecule has 1 saturated heterocycles. The van der Waals surface area contributed by atoms with E-state index in [1.54, 1.807) is 29.3 Å². The average Bonchev–Trinajstić information content (AvgIpc) is 2.70. The van der Waals surface area contributed by atoms with Gasteiger partial charge in [0.25, 0.3) is 5.91 Å². The van der Waals surface area contributed by atoms with Crippen molar-refractivity contribution in [2.24, 2.45) is 5.10 Å². The largest absolute Gasteiger partial charge is 0.378 e. The molecule has 0 radical (unpaired) electrons. The second-order valence-electron chi connectivity index (χ2n) is 6.97. The molecule has 4 rings (SSSR count). The first-order valence-corrected chi connectivity index (χ1v) is 11.1. The summed E-state index contributed by atoms with van der Waals surface area (Å²) in [4.78, 5) is 14.6. The Hall–Kier alpha value is -2.42. The molecule has 2 aliphatic rings. The van der Waals surface area contributed by atoms with E-state index in [1.807, 2.05) is 19.1 Å². The van der Waals surface area contributed by atoms with E-state index in [9.17, 15) is 13.2 Å². The zero-order valence-corrected chi connectivity index (χ0v) is 17.4. The summed E-state index contributed by atoms with van der Waals surface area (Å²) in [6.07, 6.45) is 0. The number of amides is 1. The number of sulfone groups is 1. The van der Waals surface area contributed by atoms with Crippen LogP contribution in [0.15, 0.2) is 52.5 Å². The van der Waals surface area contributed by atoms with Crippen molar-refractivity contribution < 1.29 is 17.9 Å². The lowest BCUT2D eigenvalue weighted by atomic mass is 10.2. The second-order valence-corrected chi connectivity index (χ2v) is 9.24. The van der Waals surface area contributed by atoms with Gasteiger partial charge in [0.05, 0.1) is 30.3 Å². The summed E-state index contributed by atoms with van der Waals surface area (Å²) in [5, 5.41) is 5.98. The Morgan fingerprint density at radius 2 is 1.93 bits per heavy atom. The third kappa shape index (κ3) is 3.88. The van der Waals surface area contributed by atoms with Gasteiger partial charge in [-0.1, -0.05) is 29.8 Å². The van der Waals surface area contributed by atoms with Crippen molar-refractivity contribution in [3.63, 3.8) is 0 Å². The number of hydrazone groups is 1. The molecule has 0 saturated carbocycles. The van der Waals surface area contributed by atoms with Crippen molar-refractivity contribution in [1.29, 1.82) is 0 Å². The normalized spacial score (nSPS) is 18.2. The van der Waals surface area contributed by atoms with Gasteiger partial charge in [0.1, 0.15) is 0 Å². The molecule has 152 valence electrons. The van der Waals surface area contributed by atoms with E-state index in [0.29, 0.717) is 37.0 Å². The van der Waals surface area contributed by atoms with E-state index in [-0.39, 0.29) is 11.4 Å². The molecule has 0 atom stereocenters. The average molecular weight is 434 g/mol. The fourth-order valence-electron chi connectivity index (χ4n) is 3.37. The van der Waals surface area contributed by atoms with Gasteiger partial charge in [-0.3, -0.25) is 9.80 Å². The predicted octanol–water partition coefficient (Wildman–Crippen LogP) is 2.61. The number of benzene rings is 2. The summed E-state index contributed by atoms with van der Waals surface area (Å²) in [6.45, 7) is 3.59. The summed E-state index contributed by atoms with van der Waals surface area (Å²) in [6, 6.07) is 12.3. The highest BCUT2D eigenvalue weighted by Crippen LogP contribution is 2.34. The van der Waals surface area contributed by atoms with Crippen LogP contribution in [0.5, 0.6) is 0 Å². The van der Waals surface area contributed by atoms with Crippen LogP contribution < -0.4 is 5.01 Å². The SMILES string of the molecule is Cc1ccc2c(c1)N(Cc1cccc(Cl)c1)N=C(C(=O)N1CCOCC1)S2(=O)=O. The van der Waals surface area contributed by atoms with E-state index in [1.165, 1.54) is 11.0 Å². The number of carbonyl (C=O) groups is 1. The molecule has 2 aromatic carbocycles. The lowest BCUT2D eigenvalue weighted by Crippen LogP contribution is -2.47. The molecule has 0 aliphatic carbocycles. The Bertz CT molecular complexity index is 1090. The number of fused-ring (bicyclic) bond motifs is 1. The zero-order valence-electron chi connectivity index (χ0n) is 15.8. The van der Waals surface area contributed by atoms with Crippen LogP contribution in [-0.2, 0) is 25.9 Å². The monoisotopic (exact) mass is 433 g/mol. The number of hydrogen-bond acceptors (Lipinski definition) is 6. The van der Waals surface area contributed by atoms with Crippen LogP contribution in [-0.4, -0.2) is 50.6 Å². The van der Waals surface area contributed by atoms with Crippen LogP contribution in [0.25, 0.3) is 0 Å². The zero-order chi connectivity index (χ0) is 20.6.